The van der Waals surface area contributed by atoms with E-state index in [1.54, 1.807) is 9.36 Å². The van der Waals surface area contributed by atoms with Crippen LogP contribution in [0.25, 0.3) is 10.9 Å². The summed E-state index contributed by atoms with van der Waals surface area (Å²) in [5.41, 5.74) is 16.3. The molecule has 0 radical (unpaired) electrons. The summed E-state index contributed by atoms with van der Waals surface area (Å²) in [4.78, 5) is 55.3. The van der Waals surface area contributed by atoms with E-state index in [-0.39, 0.29) is 54.7 Å². The maximum atomic E-state index is 14.7. The summed E-state index contributed by atoms with van der Waals surface area (Å²) in [5.74, 6) is 4.37. The number of terminal acetylenes is 1. The molecule has 2 fully saturated rings. The Labute approximate surface area is 441 Å². The highest BCUT2D eigenvalue weighted by Gasteiger charge is 2.35. The number of halogens is 1. The predicted molar refractivity (Wildman–Crippen MR) is 280 cm³/mol. The molecule has 0 spiro atoms. The number of H-pyrrole nitrogens is 1. The molecule has 6 N–H and O–H groups in total. The minimum absolute atomic E-state index is 0. The van der Waals surface area contributed by atoms with Gasteiger partial charge in [-0.3, -0.25) is 9.59 Å². The van der Waals surface area contributed by atoms with E-state index in [2.05, 4.69) is 100 Å². The minimum atomic E-state index is -0.654. The molecular formula is C51H77ClN17O5-. The average molecular weight is 1040 g/mol. The molecule has 4 aromatic heterocycles. The number of anilines is 3. The summed E-state index contributed by atoms with van der Waals surface area (Å²) >= 11 is 0. The van der Waals surface area contributed by atoms with Crippen molar-refractivity contribution < 1.29 is 36.2 Å². The van der Waals surface area contributed by atoms with Gasteiger partial charge in [-0.05, 0) is 41.7 Å². The predicted octanol–water partition coefficient (Wildman–Crippen LogP) is 0.795. The maximum absolute atomic E-state index is 14.7. The molecule has 6 atom stereocenters. The van der Waals surface area contributed by atoms with Crippen LogP contribution in [0, 0.1) is 30.1 Å². The number of benzene rings is 1. The van der Waals surface area contributed by atoms with Gasteiger partial charge in [0.05, 0.1) is 68.9 Å². The van der Waals surface area contributed by atoms with Crippen molar-refractivity contribution in [2.45, 2.75) is 91.4 Å². The van der Waals surface area contributed by atoms with Gasteiger partial charge >= 0.3 is 0 Å². The molecule has 5 aromatic rings. The fourth-order valence-corrected chi connectivity index (χ4v) is 9.13. The molecule has 2 aliphatic rings. The Kier molecular flexibility index (Phi) is 21.8. The van der Waals surface area contributed by atoms with E-state index in [1.165, 1.54) is 0 Å². The molecule has 23 heteroatoms. The number of nitrogens with two attached hydrogens (primary N) is 2. The number of aromatic amines is 1. The summed E-state index contributed by atoms with van der Waals surface area (Å²) in [6.45, 7) is 19.1. The SMILES string of the molecule is C#CCOCCOCCOCCNc1nc(N2CCN(C(=O)[C@H]([C@@H](C)CC)n3cc([C@@H](N)CC(C)C)nn3)CC2)nc(N2CCN(C(=O)[C@H](Cc3cc4ccccc4[nH]3)n3cc([C@@H](N)C(C)CC)nn3)CC2)n1.[Cl-]. The fraction of sp³-hybridized carbons (Fsp3) is 0.627. The zero-order valence-electron chi connectivity index (χ0n) is 44.0. The lowest BCUT2D eigenvalue weighted by Gasteiger charge is -2.38. The third-order valence-corrected chi connectivity index (χ3v) is 13.9. The minimum Gasteiger partial charge on any atom is -1.00 e. The first-order chi connectivity index (χ1) is 35.4. The van der Waals surface area contributed by atoms with Crippen LogP contribution in [-0.4, -0.2) is 170 Å². The van der Waals surface area contributed by atoms with Gasteiger partial charge in [-0.2, -0.15) is 15.0 Å². The lowest BCUT2D eigenvalue weighted by atomic mass is 9.97. The molecule has 7 rings (SSSR count). The Morgan fingerprint density at radius 3 is 1.96 bits per heavy atom. The highest BCUT2D eigenvalue weighted by Crippen LogP contribution is 2.29. The maximum Gasteiger partial charge on any atom is 0.248 e. The monoisotopic (exact) mass is 1040 g/mol. The van der Waals surface area contributed by atoms with Gasteiger partial charge in [0, 0.05) is 76.5 Å². The Hall–Kier alpha value is -5.96. The zero-order chi connectivity index (χ0) is 51.9. The van der Waals surface area contributed by atoms with Crippen LogP contribution in [0.2, 0.25) is 0 Å². The van der Waals surface area contributed by atoms with Crippen LogP contribution in [0.4, 0.5) is 17.8 Å². The molecule has 2 amide bonds. The summed E-state index contributed by atoms with van der Waals surface area (Å²) in [5, 5.41) is 22.2. The van der Waals surface area contributed by atoms with Crippen LogP contribution in [0.15, 0.2) is 42.7 Å². The van der Waals surface area contributed by atoms with Gasteiger partial charge in [0.25, 0.3) is 0 Å². The number of para-hydroxylation sites is 1. The number of hydrogen-bond acceptors (Lipinski definition) is 17. The summed E-state index contributed by atoms with van der Waals surface area (Å²) in [7, 11) is 0. The van der Waals surface area contributed by atoms with Gasteiger partial charge in [0.2, 0.25) is 29.7 Å². The van der Waals surface area contributed by atoms with E-state index in [0.29, 0.717) is 134 Å². The number of fused-ring (bicyclic) bond motifs is 1. The Morgan fingerprint density at radius 2 is 1.34 bits per heavy atom. The van der Waals surface area contributed by atoms with Crippen molar-refractivity contribution >= 4 is 40.6 Å². The molecule has 0 saturated carbocycles. The van der Waals surface area contributed by atoms with Crippen molar-refractivity contribution in [3.05, 3.63) is 59.8 Å². The summed E-state index contributed by atoms with van der Waals surface area (Å²) < 4.78 is 20.0. The third-order valence-electron chi connectivity index (χ3n) is 13.9. The molecule has 0 bridgehead atoms. The van der Waals surface area contributed by atoms with Crippen LogP contribution in [0.3, 0.4) is 0 Å². The van der Waals surface area contributed by atoms with Crippen LogP contribution >= 0.6 is 0 Å². The number of nitrogens with zero attached hydrogens (tertiary/aromatic N) is 13. The number of nitrogens with one attached hydrogen (secondary N) is 2. The van der Waals surface area contributed by atoms with Gasteiger partial charge in [-0.1, -0.05) is 88.9 Å². The quantitative estimate of drug-likeness (QED) is 0.0419. The summed E-state index contributed by atoms with van der Waals surface area (Å²) in [6, 6.07) is 8.44. The first kappa shape index (κ1) is 57.3. The third kappa shape index (κ3) is 15.1. The number of piperazine rings is 2. The number of hydrogen-bond donors (Lipinski definition) is 4. The van der Waals surface area contributed by atoms with Crippen molar-refractivity contribution in [1.82, 2.24) is 59.7 Å². The molecule has 6 heterocycles. The molecule has 1 aromatic carbocycles. The van der Waals surface area contributed by atoms with Crippen molar-refractivity contribution in [2.24, 2.45) is 29.2 Å². The van der Waals surface area contributed by atoms with Crippen LogP contribution in [0.1, 0.15) is 102 Å². The zero-order valence-corrected chi connectivity index (χ0v) is 44.7. The van der Waals surface area contributed by atoms with Gasteiger partial charge in [0.1, 0.15) is 18.7 Å². The van der Waals surface area contributed by atoms with Gasteiger partial charge < -0.3 is 68.0 Å². The standard InChI is InChI=1S/C51H77N17O5.ClH/c1-8-24-71-26-28-73-29-27-72-25-15-54-49-56-50(58-51(57-49)66-22-18-64(19-23-66)48(70)46(37(7)10-3)68-33-42(59-62-68)40(52)30-35(4)5)65-20-16-63(17-21-65)47(69)44(32-39-31-38-13-11-12-14-41(38)55-39)67-34-43(60-61-67)45(53)36(6)9-2;/h1,11-14,31,33-37,40,44-46,55H,9-10,15-30,32,52-53H2,2-7H3,(H,54,56,57,58);1H/p-1/t36?,37-,40-,44-,45-,46-;/m0./s1. The largest absolute Gasteiger partial charge is 1.00 e. The Bertz CT molecular complexity index is 2520. The average Bonchev–Trinajstić information content (AvgIpc) is 4.20. The Balaban J connectivity index is 0.00000892. The number of rotatable bonds is 27. The van der Waals surface area contributed by atoms with Gasteiger partial charge in [-0.15, -0.1) is 16.6 Å². The molecular weight excluding hydrogens is 966 g/mol. The number of aromatic nitrogens is 10. The van der Waals surface area contributed by atoms with Crippen LogP contribution in [-0.2, 0) is 30.2 Å². The van der Waals surface area contributed by atoms with Crippen molar-refractivity contribution in [2.75, 3.05) is 114 Å². The number of carbonyl (C=O) groups is 2. The second kappa shape index (κ2) is 28.1. The normalized spacial score (nSPS) is 16.6. The number of carbonyl (C=O) groups excluding carboxylic acids is 2. The van der Waals surface area contributed by atoms with E-state index in [1.807, 2.05) is 40.4 Å². The molecule has 1 unspecified atom stereocenters. The molecule has 22 nitrogen and oxygen atoms in total. The fourth-order valence-electron chi connectivity index (χ4n) is 9.13. The molecule has 0 aliphatic carbocycles. The lowest BCUT2D eigenvalue weighted by molar-refractivity contribution is -0.137. The molecule has 404 valence electrons. The smallest absolute Gasteiger partial charge is 0.248 e. The van der Waals surface area contributed by atoms with Crippen molar-refractivity contribution in [3.63, 3.8) is 0 Å². The van der Waals surface area contributed by atoms with E-state index < -0.39 is 12.1 Å². The van der Waals surface area contributed by atoms with E-state index in [9.17, 15) is 9.59 Å². The molecule has 2 saturated heterocycles. The second-order valence-corrected chi connectivity index (χ2v) is 19.6. The van der Waals surface area contributed by atoms with E-state index in [4.69, 9.17) is 47.1 Å². The van der Waals surface area contributed by atoms with Gasteiger partial charge in [-0.25, -0.2) is 9.36 Å². The van der Waals surface area contributed by atoms with Gasteiger partial charge in [0.15, 0.2) is 0 Å². The van der Waals surface area contributed by atoms with Crippen LogP contribution < -0.4 is 39.0 Å². The first-order valence-electron chi connectivity index (χ1n) is 26.0. The van der Waals surface area contributed by atoms with E-state index in [0.717, 1.165) is 35.9 Å². The number of ether oxygens (including phenoxy) is 3. The van der Waals surface area contributed by atoms with Crippen LogP contribution in [0.5, 0.6) is 0 Å². The lowest BCUT2D eigenvalue weighted by Crippen LogP contribution is -3.00. The van der Waals surface area contributed by atoms with Crippen molar-refractivity contribution in [1.29, 1.82) is 0 Å². The topological polar surface area (TPSA) is 255 Å². The highest BCUT2D eigenvalue weighted by atomic mass is 35.5. The first-order valence-corrected chi connectivity index (χ1v) is 26.0. The number of amides is 2. The van der Waals surface area contributed by atoms with E-state index >= 15 is 0 Å². The molecule has 74 heavy (non-hydrogen) atoms. The summed E-state index contributed by atoms with van der Waals surface area (Å²) in [6.07, 6.45) is 11.8. The molecule has 2 aliphatic heterocycles. The van der Waals surface area contributed by atoms with Crippen molar-refractivity contribution in [3.8, 4) is 12.3 Å². The second-order valence-electron chi connectivity index (χ2n) is 19.6. The highest BCUT2D eigenvalue weighted by molar-refractivity contribution is 5.83. The Morgan fingerprint density at radius 1 is 0.757 bits per heavy atom.